The van der Waals surface area contributed by atoms with E-state index in [0.29, 0.717) is 16.2 Å². The van der Waals surface area contributed by atoms with Crippen molar-refractivity contribution in [1.82, 2.24) is 0 Å². The minimum absolute atomic E-state index is 0.201. The van der Waals surface area contributed by atoms with Gasteiger partial charge in [-0.1, -0.05) is 29.8 Å². The lowest BCUT2D eigenvalue weighted by Gasteiger charge is -2.03. The molecule has 0 radical (unpaired) electrons. The molecule has 0 saturated heterocycles. The zero-order valence-electron chi connectivity index (χ0n) is 11.7. The molecular formula is C14H12ClN5O3. The zero-order valence-corrected chi connectivity index (χ0v) is 12.5. The molecule has 0 spiro atoms. The van der Waals surface area contributed by atoms with Crippen molar-refractivity contribution < 1.29 is 9.34 Å². The first kappa shape index (κ1) is 16.2. The summed E-state index contributed by atoms with van der Waals surface area (Å²) < 4.78 is 5.10. The number of nitrogens with zero attached hydrogens (tertiary/aromatic N) is 3. The maximum absolute atomic E-state index is 10.7. The van der Waals surface area contributed by atoms with E-state index in [1.54, 1.807) is 30.3 Å². The van der Waals surface area contributed by atoms with Gasteiger partial charge in [0, 0.05) is 16.2 Å². The Balaban J connectivity index is 2.46. The molecule has 0 atom stereocenters. The molecule has 23 heavy (non-hydrogen) atoms. The summed E-state index contributed by atoms with van der Waals surface area (Å²) in [5.74, 6) is -0.299. The molecule has 2 aromatic rings. The summed E-state index contributed by atoms with van der Waals surface area (Å²) in [6, 6.07) is 9.73. The summed E-state index contributed by atoms with van der Waals surface area (Å²) in [5.41, 5.74) is 11.6. The molecule has 1 heterocycles. The van der Waals surface area contributed by atoms with Crippen LogP contribution in [0, 0.1) is 10.1 Å². The summed E-state index contributed by atoms with van der Waals surface area (Å²) in [6.45, 7) is 0. The smallest absolute Gasteiger partial charge is 0.401 e. The van der Waals surface area contributed by atoms with Gasteiger partial charge in [0.15, 0.2) is 0 Å². The Morgan fingerprint density at radius 3 is 2.61 bits per heavy atom. The molecule has 0 saturated carbocycles. The molecular weight excluding hydrogens is 322 g/mol. The highest BCUT2D eigenvalue weighted by Gasteiger charge is 2.12. The molecule has 0 fully saturated rings. The quantitative estimate of drug-likeness (QED) is 0.375. The molecule has 118 valence electrons. The normalized spacial score (nSPS) is 11.6. The van der Waals surface area contributed by atoms with Crippen molar-refractivity contribution in [2.24, 2.45) is 21.7 Å². The Bertz CT molecular complexity index is 806. The number of rotatable bonds is 5. The van der Waals surface area contributed by atoms with Crippen LogP contribution in [0.2, 0.25) is 5.02 Å². The van der Waals surface area contributed by atoms with Crippen LogP contribution in [0.25, 0.3) is 11.6 Å². The molecule has 0 amide bonds. The second-order valence-corrected chi connectivity index (χ2v) is 4.69. The molecule has 0 aliphatic heterocycles. The summed E-state index contributed by atoms with van der Waals surface area (Å²) in [6.07, 6.45) is 2.91. The van der Waals surface area contributed by atoms with Crippen molar-refractivity contribution in [3.05, 3.63) is 62.9 Å². The Morgan fingerprint density at radius 2 is 2.00 bits per heavy atom. The number of guanidine groups is 1. The predicted molar refractivity (Wildman–Crippen MR) is 89.0 cm³/mol. The monoisotopic (exact) mass is 333 g/mol. The molecule has 0 unspecified atom stereocenters. The van der Waals surface area contributed by atoms with Crippen LogP contribution in [0.3, 0.4) is 0 Å². The number of nitro groups is 1. The van der Waals surface area contributed by atoms with Crippen LogP contribution in [0.15, 0.2) is 51.0 Å². The van der Waals surface area contributed by atoms with E-state index in [-0.39, 0.29) is 17.6 Å². The third-order valence-corrected chi connectivity index (χ3v) is 2.97. The Labute approximate surface area is 135 Å². The topological polar surface area (TPSA) is 133 Å². The van der Waals surface area contributed by atoms with Crippen LogP contribution in [0.4, 0.5) is 5.88 Å². The number of hydrogen-bond donors (Lipinski definition) is 2. The third kappa shape index (κ3) is 4.42. The highest BCUT2D eigenvalue weighted by molar-refractivity contribution is 6.34. The lowest BCUT2D eigenvalue weighted by Crippen LogP contribution is -2.21. The SMILES string of the molecule is NC(N)=NN=CC(=Cc1ccc([N+](=O)[O-])o1)c1ccccc1Cl. The lowest BCUT2D eigenvalue weighted by molar-refractivity contribution is -0.402. The average Bonchev–Trinajstić information content (AvgIpc) is 2.95. The largest absolute Gasteiger partial charge is 0.433 e. The Hall–Kier alpha value is -3.13. The van der Waals surface area contributed by atoms with E-state index >= 15 is 0 Å². The van der Waals surface area contributed by atoms with Gasteiger partial charge >= 0.3 is 5.88 Å². The highest BCUT2D eigenvalue weighted by atomic mass is 35.5. The summed E-state index contributed by atoms with van der Waals surface area (Å²) in [4.78, 5) is 10.0. The Morgan fingerprint density at radius 1 is 1.26 bits per heavy atom. The van der Waals surface area contributed by atoms with E-state index in [4.69, 9.17) is 27.5 Å². The molecule has 8 nitrogen and oxygen atoms in total. The van der Waals surface area contributed by atoms with Gasteiger partial charge < -0.3 is 15.9 Å². The number of hydrogen-bond acceptors (Lipinski definition) is 5. The number of furan rings is 1. The molecule has 1 aromatic heterocycles. The van der Waals surface area contributed by atoms with Gasteiger partial charge in [-0.2, -0.15) is 5.10 Å². The van der Waals surface area contributed by atoms with Crippen LogP contribution in [-0.2, 0) is 0 Å². The fourth-order valence-electron chi connectivity index (χ4n) is 1.71. The van der Waals surface area contributed by atoms with Gasteiger partial charge in [0.05, 0.1) is 12.3 Å². The van der Waals surface area contributed by atoms with Gasteiger partial charge in [0.2, 0.25) is 5.96 Å². The predicted octanol–water partition coefficient (Wildman–Crippen LogP) is 2.64. The van der Waals surface area contributed by atoms with E-state index in [9.17, 15) is 10.1 Å². The number of benzene rings is 1. The van der Waals surface area contributed by atoms with Crippen LogP contribution in [-0.4, -0.2) is 17.1 Å². The highest BCUT2D eigenvalue weighted by Crippen LogP contribution is 2.26. The van der Waals surface area contributed by atoms with E-state index in [0.717, 1.165) is 0 Å². The van der Waals surface area contributed by atoms with Crippen molar-refractivity contribution in [3.63, 3.8) is 0 Å². The number of halogens is 1. The number of allylic oxidation sites excluding steroid dienone is 1. The van der Waals surface area contributed by atoms with E-state index < -0.39 is 4.92 Å². The third-order valence-electron chi connectivity index (χ3n) is 2.65. The zero-order chi connectivity index (χ0) is 16.8. The summed E-state index contributed by atoms with van der Waals surface area (Å²) in [7, 11) is 0. The average molecular weight is 334 g/mol. The van der Waals surface area contributed by atoms with Gasteiger partial charge in [-0.3, -0.25) is 10.1 Å². The molecule has 1 aromatic carbocycles. The molecule has 0 bridgehead atoms. The van der Waals surface area contributed by atoms with Gasteiger partial charge in [0.1, 0.15) is 10.7 Å². The van der Waals surface area contributed by atoms with Gasteiger partial charge in [-0.05, 0) is 18.2 Å². The standard InChI is InChI=1S/C14H12ClN5O3/c15-12-4-2-1-3-11(12)9(8-18-19-14(16)17)7-10-5-6-13(23-10)20(21)22/h1-8H,(H4,16,17,19). The van der Waals surface area contributed by atoms with Gasteiger partial charge in [-0.25, -0.2) is 0 Å². The molecule has 0 aliphatic carbocycles. The van der Waals surface area contributed by atoms with E-state index in [1.165, 1.54) is 18.3 Å². The van der Waals surface area contributed by atoms with Gasteiger partial charge in [0.25, 0.3) is 0 Å². The summed E-state index contributed by atoms with van der Waals surface area (Å²) in [5, 5.41) is 18.4. The molecule has 4 N–H and O–H groups in total. The van der Waals surface area contributed by atoms with Crippen molar-refractivity contribution in [3.8, 4) is 0 Å². The fourth-order valence-corrected chi connectivity index (χ4v) is 1.95. The van der Waals surface area contributed by atoms with Crippen molar-refractivity contribution in [1.29, 1.82) is 0 Å². The first-order valence-corrected chi connectivity index (χ1v) is 6.68. The molecule has 9 heteroatoms. The lowest BCUT2D eigenvalue weighted by atomic mass is 10.1. The Kier molecular flexibility index (Phi) is 5.11. The minimum Gasteiger partial charge on any atom is -0.401 e. The van der Waals surface area contributed by atoms with Crippen LogP contribution < -0.4 is 11.5 Å². The first-order valence-electron chi connectivity index (χ1n) is 6.30. The van der Waals surface area contributed by atoms with Gasteiger partial charge in [-0.15, -0.1) is 5.10 Å². The van der Waals surface area contributed by atoms with Crippen molar-refractivity contribution >= 4 is 41.3 Å². The second kappa shape index (κ2) is 7.23. The van der Waals surface area contributed by atoms with E-state index in [2.05, 4.69) is 10.2 Å². The molecule has 0 aliphatic rings. The van der Waals surface area contributed by atoms with Crippen LogP contribution in [0.1, 0.15) is 11.3 Å². The first-order chi connectivity index (χ1) is 11.0. The minimum atomic E-state index is -0.625. The maximum Gasteiger partial charge on any atom is 0.433 e. The molecule has 2 rings (SSSR count). The maximum atomic E-state index is 10.7. The van der Waals surface area contributed by atoms with Crippen LogP contribution in [0.5, 0.6) is 0 Å². The summed E-state index contributed by atoms with van der Waals surface area (Å²) >= 11 is 6.16. The number of nitrogens with two attached hydrogens (primary N) is 2. The van der Waals surface area contributed by atoms with Crippen LogP contribution >= 0.6 is 11.6 Å². The second-order valence-electron chi connectivity index (χ2n) is 4.28. The van der Waals surface area contributed by atoms with Crippen molar-refractivity contribution in [2.45, 2.75) is 0 Å². The fraction of sp³-hybridized carbons (Fsp3) is 0. The van der Waals surface area contributed by atoms with Crippen molar-refractivity contribution in [2.75, 3.05) is 0 Å². The van der Waals surface area contributed by atoms with E-state index in [1.807, 2.05) is 0 Å².